The average molecular weight is 254 g/mol. The molecule has 1 aromatic rings. The summed E-state index contributed by atoms with van der Waals surface area (Å²) in [5, 5.41) is 10.4. The zero-order chi connectivity index (χ0) is 12.9. The van der Waals surface area contributed by atoms with Gasteiger partial charge in [0.1, 0.15) is 23.8 Å². The summed E-state index contributed by atoms with van der Waals surface area (Å²) < 4.78 is 32.6. The third-order valence-electron chi connectivity index (χ3n) is 3.77. The number of carbonyl (C=O) groups is 1. The summed E-state index contributed by atoms with van der Waals surface area (Å²) in [6.07, 6.45) is 0.543. The molecule has 1 unspecified atom stereocenters. The molecule has 0 spiro atoms. The van der Waals surface area contributed by atoms with E-state index in [1.807, 2.05) is 0 Å². The molecule has 96 valence electrons. The molecule has 0 bridgehead atoms. The molecule has 1 fully saturated rings. The van der Waals surface area contributed by atoms with Gasteiger partial charge >= 0.3 is 0 Å². The van der Waals surface area contributed by atoms with E-state index in [1.165, 1.54) is 0 Å². The highest BCUT2D eigenvalue weighted by atomic mass is 19.1. The van der Waals surface area contributed by atoms with Gasteiger partial charge in [0.2, 0.25) is 0 Å². The van der Waals surface area contributed by atoms with Gasteiger partial charge in [-0.25, -0.2) is 8.78 Å². The highest BCUT2D eigenvalue weighted by Gasteiger charge is 2.49. The molecule has 0 radical (unpaired) electrons. The normalized spacial score (nSPS) is 30.4. The van der Waals surface area contributed by atoms with Crippen molar-refractivity contribution in [1.29, 1.82) is 0 Å². The quantitative estimate of drug-likeness (QED) is 0.769. The van der Waals surface area contributed by atoms with Crippen molar-refractivity contribution in [2.45, 2.75) is 30.8 Å². The van der Waals surface area contributed by atoms with Gasteiger partial charge in [0, 0.05) is 24.3 Å². The standard InChI is InChI=1S/C13H12F2O3/c14-9-3-4-10(15)12-11(9)8-2-1-7(16)5-13(8,17)6-18-12/h3-4,8,17H,1-2,5-6H2/t8?,13-/m0/s1. The molecule has 5 heteroatoms. The van der Waals surface area contributed by atoms with Gasteiger partial charge in [-0.3, -0.25) is 4.79 Å². The summed E-state index contributed by atoms with van der Waals surface area (Å²) in [5.74, 6) is -2.00. The number of rotatable bonds is 0. The fraction of sp³-hybridized carbons (Fsp3) is 0.462. The van der Waals surface area contributed by atoms with Crippen LogP contribution in [-0.4, -0.2) is 23.1 Å². The van der Waals surface area contributed by atoms with E-state index in [0.717, 1.165) is 12.1 Å². The van der Waals surface area contributed by atoms with Gasteiger partial charge in [-0.2, -0.15) is 0 Å². The Kier molecular flexibility index (Phi) is 2.41. The predicted octanol–water partition coefficient (Wildman–Crippen LogP) is 1.92. The zero-order valence-corrected chi connectivity index (χ0v) is 9.58. The molecule has 2 atom stereocenters. The van der Waals surface area contributed by atoms with Crippen molar-refractivity contribution in [3.05, 3.63) is 29.3 Å². The summed E-state index contributed by atoms with van der Waals surface area (Å²) in [7, 11) is 0. The van der Waals surface area contributed by atoms with E-state index in [-0.39, 0.29) is 36.5 Å². The topological polar surface area (TPSA) is 46.5 Å². The lowest BCUT2D eigenvalue weighted by Gasteiger charge is -2.43. The second-order valence-corrected chi connectivity index (χ2v) is 4.97. The van der Waals surface area contributed by atoms with Crippen LogP contribution < -0.4 is 4.74 Å². The van der Waals surface area contributed by atoms with Gasteiger partial charge in [-0.15, -0.1) is 0 Å². The number of halogens is 2. The van der Waals surface area contributed by atoms with Gasteiger partial charge in [-0.05, 0) is 18.6 Å². The van der Waals surface area contributed by atoms with E-state index >= 15 is 0 Å². The lowest BCUT2D eigenvalue weighted by Crippen LogP contribution is -2.50. The molecule has 1 heterocycles. The molecular weight excluding hydrogens is 242 g/mol. The maximum absolute atomic E-state index is 13.8. The number of benzene rings is 1. The summed E-state index contributed by atoms with van der Waals surface area (Å²) in [5.41, 5.74) is -1.34. The summed E-state index contributed by atoms with van der Waals surface area (Å²) in [6.45, 7) is -0.170. The number of ketones is 1. The second-order valence-electron chi connectivity index (χ2n) is 4.97. The van der Waals surface area contributed by atoms with Crippen LogP contribution in [0.15, 0.2) is 12.1 Å². The minimum Gasteiger partial charge on any atom is -0.487 e. The number of ether oxygens (including phenoxy) is 1. The molecule has 0 saturated heterocycles. The number of hydrogen-bond acceptors (Lipinski definition) is 3. The third kappa shape index (κ3) is 1.54. The molecule has 3 nitrogen and oxygen atoms in total. The Hall–Kier alpha value is -1.49. The van der Waals surface area contributed by atoms with E-state index in [1.54, 1.807) is 0 Å². The molecule has 1 aromatic carbocycles. The molecular formula is C13H12F2O3. The first-order chi connectivity index (χ1) is 8.51. The van der Waals surface area contributed by atoms with Gasteiger partial charge in [0.25, 0.3) is 0 Å². The highest BCUT2D eigenvalue weighted by Crippen LogP contribution is 2.48. The highest BCUT2D eigenvalue weighted by molar-refractivity contribution is 5.81. The van der Waals surface area contributed by atoms with Crippen molar-refractivity contribution < 1.29 is 23.4 Å². The Balaban J connectivity index is 2.13. The van der Waals surface area contributed by atoms with Crippen molar-refractivity contribution >= 4 is 5.78 Å². The Morgan fingerprint density at radius 2 is 2.06 bits per heavy atom. The van der Waals surface area contributed by atoms with Crippen LogP contribution in [0.5, 0.6) is 5.75 Å². The minimum absolute atomic E-state index is 0.0624. The van der Waals surface area contributed by atoms with Crippen molar-refractivity contribution in [3.63, 3.8) is 0 Å². The Labute approximate surface area is 102 Å². The summed E-state index contributed by atoms with van der Waals surface area (Å²) in [6, 6.07) is 2.03. The van der Waals surface area contributed by atoms with Crippen LogP contribution >= 0.6 is 0 Å². The SMILES string of the molecule is O=C1CCC2c3c(F)ccc(F)c3OC[C@@]2(O)C1. The third-order valence-corrected chi connectivity index (χ3v) is 3.77. The van der Waals surface area contributed by atoms with Crippen LogP contribution in [0.3, 0.4) is 0 Å². The van der Waals surface area contributed by atoms with Crippen molar-refractivity contribution in [3.8, 4) is 5.75 Å². The molecule has 1 N–H and O–H groups in total. The first-order valence-electron chi connectivity index (χ1n) is 5.86. The lowest BCUT2D eigenvalue weighted by molar-refractivity contribution is -0.134. The van der Waals surface area contributed by atoms with E-state index in [9.17, 15) is 18.7 Å². The molecule has 18 heavy (non-hydrogen) atoms. The van der Waals surface area contributed by atoms with E-state index < -0.39 is 23.2 Å². The van der Waals surface area contributed by atoms with Crippen LogP contribution in [0, 0.1) is 11.6 Å². The van der Waals surface area contributed by atoms with Crippen LogP contribution in [-0.2, 0) is 4.79 Å². The molecule has 1 aliphatic heterocycles. The average Bonchev–Trinajstić information content (AvgIpc) is 2.32. The van der Waals surface area contributed by atoms with Crippen molar-refractivity contribution in [2.75, 3.05) is 6.61 Å². The molecule has 3 rings (SSSR count). The Morgan fingerprint density at radius 3 is 2.83 bits per heavy atom. The van der Waals surface area contributed by atoms with Crippen molar-refractivity contribution in [2.24, 2.45) is 0 Å². The van der Waals surface area contributed by atoms with E-state index in [2.05, 4.69) is 0 Å². The number of hydrogen-bond donors (Lipinski definition) is 1. The monoisotopic (exact) mass is 254 g/mol. The molecule has 1 saturated carbocycles. The molecule has 1 aliphatic carbocycles. The first kappa shape index (κ1) is 11.6. The lowest BCUT2D eigenvalue weighted by atomic mass is 9.70. The van der Waals surface area contributed by atoms with Crippen LogP contribution in [0.2, 0.25) is 0 Å². The minimum atomic E-state index is -1.41. The number of Topliss-reactive ketones (excluding diaryl/α,β-unsaturated/α-hetero) is 1. The number of carbonyl (C=O) groups excluding carboxylic acids is 1. The van der Waals surface area contributed by atoms with Gasteiger partial charge in [0.05, 0.1) is 0 Å². The van der Waals surface area contributed by atoms with Crippen LogP contribution in [0.4, 0.5) is 8.78 Å². The smallest absolute Gasteiger partial charge is 0.165 e. The van der Waals surface area contributed by atoms with Crippen molar-refractivity contribution in [1.82, 2.24) is 0 Å². The molecule has 0 aromatic heterocycles. The summed E-state index contributed by atoms with van der Waals surface area (Å²) in [4.78, 5) is 11.4. The maximum atomic E-state index is 13.8. The molecule has 2 aliphatic rings. The fourth-order valence-corrected chi connectivity index (χ4v) is 2.91. The second kappa shape index (κ2) is 3.75. The molecule has 0 amide bonds. The summed E-state index contributed by atoms with van der Waals surface area (Å²) >= 11 is 0. The predicted molar refractivity (Wildman–Crippen MR) is 58.4 cm³/mol. The largest absolute Gasteiger partial charge is 0.487 e. The van der Waals surface area contributed by atoms with Gasteiger partial charge < -0.3 is 9.84 Å². The van der Waals surface area contributed by atoms with Gasteiger partial charge in [-0.1, -0.05) is 0 Å². The van der Waals surface area contributed by atoms with E-state index in [0.29, 0.717) is 6.42 Å². The Morgan fingerprint density at radius 1 is 1.33 bits per heavy atom. The zero-order valence-electron chi connectivity index (χ0n) is 9.58. The fourth-order valence-electron chi connectivity index (χ4n) is 2.91. The van der Waals surface area contributed by atoms with E-state index in [4.69, 9.17) is 4.74 Å². The number of fused-ring (bicyclic) bond motifs is 3. The first-order valence-corrected chi connectivity index (χ1v) is 5.86. The Bertz CT molecular complexity index is 529. The van der Waals surface area contributed by atoms with Crippen LogP contribution in [0.25, 0.3) is 0 Å². The van der Waals surface area contributed by atoms with Gasteiger partial charge in [0.15, 0.2) is 11.6 Å². The van der Waals surface area contributed by atoms with Crippen LogP contribution in [0.1, 0.15) is 30.7 Å². The maximum Gasteiger partial charge on any atom is 0.165 e. The number of aliphatic hydroxyl groups is 1.